The van der Waals surface area contributed by atoms with Crippen molar-refractivity contribution in [1.82, 2.24) is 14.2 Å². The fourth-order valence-electron chi connectivity index (χ4n) is 2.19. The second-order valence-corrected chi connectivity index (χ2v) is 6.20. The number of carbonyl (C=O) groups is 1. The quantitative estimate of drug-likeness (QED) is 0.564. The van der Waals surface area contributed by atoms with Crippen LogP contribution in [0.15, 0.2) is 6.33 Å². The Bertz CT molecular complexity index is 420. The monoisotopic (exact) mass is 285 g/mol. The molecule has 0 saturated heterocycles. The number of hydrogen-bond acceptors (Lipinski definition) is 4. The third kappa shape index (κ3) is 4.02. The lowest BCUT2D eigenvalue weighted by molar-refractivity contribution is -0.144. The number of likely N-dealkylation sites (N-methyl/N-ethyl adjacent to an activating group) is 1. The summed E-state index contributed by atoms with van der Waals surface area (Å²) in [7, 11) is 6.02. The first-order chi connectivity index (χ1) is 9.04. The Labute approximate surface area is 117 Å². The predicted molar refractivity (Wildman–Crippen MR) is 78.7 cm³/mol. The number of carbonyl (C=O) groups excluding carboxylic acids is 1. The van der Waals surface area contributed by atoms with Crippen molar-refractivity contribution in [2.24, 2.45) is 7.05 Å². The lowest BCUT2D eigenvalue weighted by Gasteiger charge is -2.25. The number of aromatic nitrogens is 2. The molecule has 5 nitrogen and oxygen atoms in total. The molecule has 0 aliphatic rings. The van der Waals surface area contributed by atoms with Gasteiger partial charge in [0, 0.05) is 19.2 Å². The molecule has 2 atom stereocenters. The normalized spacial score (nSPS) is 13.4. The molecule has 1 heterocycles. The van der Waals surface area contributed by atoms with Crippen molar-refractivity contribution >= 4 is 14.7 Å². The molecule has 1 aromatic rings. The number of methoxy groups -OCH3 is 1. The van der Waals surface area contributed by atoms with Crippen LogP contribution in [0.25, 0.3) is 0 Å². The number of aryl methyl sites for hydroxylation is 1. The van der Waals surface area contributed by atoms with Crippen molar-refractivity contribution in [3.63, 3.8) is 0 Å². The number of hydrogen-bond donors (Lipinski definition) is 0. The molecule has 1 rings (SSSR count). The topological polar surface area (TPSA) is 47.4 Å². The van der Waals surface area contributed by atoms with Crippen molar-refractivity contribution in [1.29, 1.82) is 0 Å². The molecule has 0 aliphatic carbocycles. The van der Waals surface area contributed by atoms with Gasteiger partial charge in [-0.1, -0.05) is 22.6 Å². The second kappa shape index (κ2) is 7.61. The molecule has 0 spiro atoms. The second-order valence-electron chi connectivity index (χ2n) is 4.47. The average molecular weight is 285 g/mol. The van der Waals surface area contributed by atoms with E-state index in [1.807, 2.05) is 25.0 Å². The van der Waals surface area contributed by atoms with E-state index in [-0.39, 0.29) is 12.0 Å². The largest absolute Gasteiger partial charge is 0.468 e. The van der Waals surface area contributed by atoms with Crippen LogP contribution in [0.5, 0.6) is 0 Å². The number of imidazole rings is 1. The zero-order valence-electron chi connectivity index (χ0n) is 12.4. The van der Waals surface area contributed by atoms with E-state index in [0.29, 0.717) is 15.2 Å². The van der Waals surface area contributed by atoms with Gasteiger partial charge < -0.3 is 9.30 Å². The van der Waals surface area contributed by atoms with E-state index in [9.17, 15) is 4.79 Å². The van der Waals surface area contributed by atoms with Crippen LogP contribution in [0.4, 0.5) is 0 Å². The smallest absolute Gasteiger partial charge is 0.323 e. The van der Waals surface area contributed by atoms with Crippen LogP contribution >= 0.6 is 8.73 Å². The van der Waals surface area contributed by atoms with Crippen molar-refractivity contribution < 1.29 is 9.53 Å². The van der Waals surface area contributed by atoms with Gasteiger partial charge in [-0.15, -0.1) is 0 Å². The molecule has 2 unspecified atom stereocenters. The van der Waals surface area contributed by atoms with Gasteiger partial charge in [-0.2, -0.15) is 0 Å². The van der Waals surface area contributed by atoms with Gasteiger partial charge in [0.1, 0.15) is 6.04 Å². The summed E-state index contributed by atoms with van der Waals surface area (Å²) in [5.74, 6) is -0.184. The summed E-state index contributed by atoms with van der Waals surface area (Å²) in [6, 6.07) is -0.247. The van der Waals surface area contributed by atoms with Crippen LogP contribution in [0.3, 0.4) is 0 Å². The Morgan fingerprint density at radius 1 is 1.58 bits per heavy atom. The Kier molecular flexibility index (Phi) is 6.46. The highest BCUT2D eigenvalue weighted by Gasteiger charge is 2.26. The van der Waals surface area contributed by atoms with Gasteiger partial charge in [0.25, 0.3) is 0 Å². The highest BCUT2D eigenvalue weighted by molar-refractivity contribution is 7.35. The lowest BCUT2D eigenvalue weighted by Crippen LogP contribution is -2.36. The Balaban J connectivity index is 2.90. The number of ether oxygens (including phenoxy) is 1. The highest BCUT2D eigenvalue weighted by Crippen LogP contribution is 2.22. The molecule has 6 heteroatoms. The van der Waals surface area contributed by atoms with E-state index < -0.39 is 0 Å². The highest BCUT2D eigenvalue weighted by atomic mass is 31.1. The Morgan fingerprint density at radius 3 is 2.79 bits per heavy atom. The summed E-state index contributed by atoms with van der Waals surface area (Å²) in [5.41, 5.74) is 2.18. The van der Waals surface area contributed by atoms with Gasteiger partial charge in [-0.25, -0.2) is 4.98 Å². The maximum absolute atomic E-state index is 11.9. The third-order valence-electron chi connectivity index (χ3n) is 3.22. The number of rotatable bonds is 7. The van der Waals surface area contributed by atoms with Gasteiger partial charge in [0.05, 0.1) is 19.1 Å². The molecule has 0 N–H and O–H groups in total. The van der Waals surface area contributed by atoms with E-state index in [1.54, 1.807) is 0 Å². The van der Waals surface area contributed by atoms with Gasteiger partial charge in [-0.3, -0.25) is 9.46 Å². The van der Waals surface area contributed by atoms with Crippen molar-refractivity contribution in [3.8, 4) is 0 Å². The molecule has 0 saturated carbocycles. The van der Waals surface area contributed by atoms with Crippen LogP contribution < -0.4 is 0 Å². The first-order valence-corrected chi connectivity index (χ1v) is 7.73. The summed E-state index contributed by atoms with van der Waals surface area (Å²) >= 11 is 0. The molecule has 0 bridgehead atoms. The molecular weight excluding hydrogens is 261 g/mol. The van der Waals surface area contributed by atoms with Crippen molar-refractivity contribution in [2.75, 3.05) is 20.3 Å². The molecule has 0 aliphatic heterocycles. The SMILES string of the molecule is CCPN(C)C(Cc1ncn(C)c1CC)C(=O)OC. The zero-order valence-corrected chi connectivity index (χ0v) is 13.4. The molecule has 0 fully saturated rings. The fourth-order valence-corrected chi connectivity index (χ4v) is 3.10. The first-order valence-electron chi connectivity index (χ1n) is 6.58. The van der Waals surface area contributed by atoms with Crippen LogP contribution in [0, 0.1) is 0 Å². The molecule has 1 aromatic heterocycles. The Morgan fingerprint density at radius 2 is 2.26 bits per heavy atom. The minimum atomic E-state index is -0.247. The van der Waals surface area contributed by atoms with E-state index >= 15 is 0 Å². The summed E-state index contributed by atoms with van der Waals surface area (Å²) in [6.45, 7) is 4.21. The molecule has 108 valence electrons. The van der Waals surface area contributed by atoms with E-state index in [4.69, 9.17) is 4.74 Å². The third-order valence-corrected chi connectivity index (χ3v) is 4.34. The molecular formula is C13H24N3O2P. The summed E-state index contributed by atoms with van der Waals surface area (Å²) < 4.78 is 9.01. The maximum Gasteiger partial charge on any atom is 0.323 e. The molecule has 0 amide bonds. The van der Waals surface area contributed by atoms with Gasteiger partial charge in [-0.05, 0) is 19.6 Å². The van der Waals surface area contributed by atoms with Crippen LogP contribution in [0.1, 0.15) is 25.2 Å². The molecule has 0 aromatic carbocycles. The number of esters is 1. The predicted octanol–water partition coefficient (Wildman–Crippen LogP) is 1.61. The molecule has 19 heavy (non-hydrogen) atoms. The standard InChI is InChI=1S/C13H24N3O2P/c1-6-11-10(14-9-15(11)3)8-12(13(17)18-5)16(4)19-7-2/h9,12,19H,6-8H2,1-5H3. The fraction of sp³-hybridized carbons (Fsp3) is 0.692. The van der Waals surface area contributed by atoms with Crippen LogP contribution in [-0.4, -0.2) is 46.6 Å². The van der Waals surface area contributed by atoms with Gasteiger partial charge >= 0.3 is 5.97 Å². The van der Waals surface area contributed by atoms with E-state index in [0.717, 1.165) is 18.3 Å². The molecule has 0 radical (unpaired) electrons. The number of nitrogens with zero attached hydrogens (tertiary/aromatic N) is 3. The minimum absolute atomic E-state index is 0.184. The Hall–Kier alpha value is -0.930. The van der Waals surface area contributed by atoms with Gasteiger partial charge in [0.2, 0.25) is 0 Å². The minimum Gasteiger partial charge on any atom is -0.468 e. The summed E-state index contributed by atoms with van der Waals surface area (Å²) in [6.07, 6.45) is 4.37. The van der Waals surface area contributed by atoms with Crippen LogP contribution in [0.2, 0.25) is 0 Å². The van der Waals surface area contributed by atoms with Crippen LogP contribution in [-0.2, 0) is 29.4 Å². The maximum atomic E-state index is 11.9. The average Bonchev–Trinajstić information content (AvgIpc) is 2.75. The van der Waals surface area contributed by atoms with Crippen molar-refractivity contribution in [3.05, 3.63) is 17.7 Å². The first kappa shape index (κ1) is 16.1. The van der Waals surface area contributed by atoms with Crippen molar-refractivity contribution in [2.45, 2.75) is 32.7 Å². The summed E-state index contributed by atoms with van der Waals surface area (Å²) in [5, 5.41) is 0. The van der Waals surface area contributed by atoms with Gasteiger partial charge in [0.15, 0.2) is 0 Å². The zero-order chi connectivity index (χ0) is 14.4. The lowest BCUT2D eigenvalue weighted by atomic mass is 10.1. The van der Waals surface area contributed by atoms with E-state index in [1.165, 1.54) is 12.8 Å². The summed E-state index contributed by atoms with van der Waals surface area (Å²) in [4.78, 5) is 16.4. The van der Waals surface area contributed by atoms with E-state index in [2.05, 4.69) is 23.5 Å².